The molecule has 9 nitrogen and oxygen atoms in total. The number of nitrogens with one attached hydrogen (secondary N) is 2. The van der Waals surface area contributed by atoms with Crippen molar-refractivity contribution >= 4 is 29.4 Å². The van der Waals surface area contributed by atoms with Gasteiger partial charge < -0.3 is 24.8 Å². The number of piperidine rings is 1. The Kier molecular flexibility index (Phi) is 12.3. The van der Waals surface area contributed by atoms with E-state index in [4.69, 9.17) is 4.74 Å². The lowest BCUT2D eigenvalue weighted by molar-refractivity contribution is 0.0956. The zero-order valence-corrected chi connectivity index (χ0v) is 26.5. The summed E-state index contributed by atoms with van der Waals surface area (Å²) in [6.07, 6.45) is 5.03. The molecule has 0 spiro atoms. The molecule has 0 aliphatic carbocycles. The van der Waals surface area contributed by atoms with E-state index in [9.17, 15) is 9.59 Å². The van der Waals surface area contributed by atoms with Gasteiger partial charge in [0.25, 0.3) is 11.8 Å². The van der Waals surface area contributed by atoms with Crippen molar-refractivity contribution < 1.29 is 14.3 Å². The van der Waals surface area contributed by atoms with Gasteiger partial charge in [0.1, 0.15) is 5.75 Å². The maximum Gasteiger partial charge on any atom is 0.273 e. The van der Waals surface area contributed by atoms with E-state index < -0.39 is 5.91 Å². The first-order valence-corrected chi connectivity index (χ1v) is 15.6. The molecule has 1 aliphatic heterocycles. The zero-order valence-electron chi connectivity index (χ0n) is 26.5. The van der Waals surface area contributed by atoms with Gasteiger partial charge in [0, 0.05) is 44.0 Å². The van der Waals surface area contributed by atoms with Crippen molar-refractivity contribution in [1.29, 1.82) is 0 Å². The molecule has 1 heterocycles. The highest BCUT2D eigenvalue weighted by Crippen LogP contribution is 2.26. The molecule has 44 heavy (non-hydrogen) atoms. The summed E-state index contributed by atoms with van der Waals surface area (Å²) in [6.45, 7) is 11.0. The number of nitrogens with zero attached hydrogens (tertiary/aromatic N) is 4. The van der Waals surface area contributed by atoms with Crippen LogP contribution in [0, 0.1) is 0 Å². The molecule has 0 aromatic heterocycles. The van der Waals surface area contributed by atoms with Crippen LogP contribution in [0.4, 0.5) is 11.4 Å². The number of anilines is 2. The first-order chi connectivity index (χ1) is 21.4. The summed E-state index contributed by atoms with van der Waals surface area (Å²) in [5.74, 6) is 0.0839. The number of hydrogen-bond acceptors (Lipinski definition) is 7. The third-order valence-electron chi connectivity index (χ3n) is 8.05. The number of amides is 2. The predicted octanol–water partition coefficient (Wildman–Crippen LogP) is 5.48. The van der Waals surface area contributed by atoms with E-state index in [2.05, 4.69) is 51.4 Å². The maximum absolute atomic E-state index is 13.4. The molecule has 1 fully saturated rings. The highest BCUT2D eigenvalue weighted by Gasteiger charge is 2.19. The highest BCUT2D eigenvalue weighted by molar-refractivity contribution is 6.09. The van der Waals surface area contributed by atoms with Crippen LogP contribution in [0.5, 0.6) is 5.75 Å². The second-order valence-electron chi connectivity index (χ2n) is 11.2. The Morgan fingerprint density at radius 3 is 2.39 bits per heavy atom. The third kappa shape index (κ3) is 9.39. The number of carbonyl (C=O) groups excluding carboxylic acids is 2. The number of methoxy groups -OCH3 is 1. The monoisotopic (exact) mass is 598 g/mol. The quantitative estimate of drug-likeness (QED) is 0.189. The van der Waals surface area contributed by atoms with Crippen LogP contribution in [0.3, 0.4) is 0 Å². The van der Waals surface area contributed by atoms with Crippen molar-refractivity contribution in [3.63, 3.8) is 0 Å². The minimum Gasteiger partial charge on any atom is -0.497 e. The second-order valence-corrected chi connectivity index (χ2v) is 11.2. The molecule has 9 heteroatoms. The SMILES string of the molecule is CCN(CC)CCN(C)Cc1cccc(C(=O)Nc2ccc(N3CCCCC3)cc2C(=O)N/N=C/c2ccc(OC)cc2)c1. The van der Waals surface area contributed by atoms with E-state index in [1.165, 1.54) is 6.42 Å². The Hall–Kier alpha value is -4.21. The van der Waals surface area contributed by atoms with Gasteiger partial charge in [-0.2, -0.15) is 5.10 Å². The summed E-state index contributed by atoms with van der Waals surface area (Å²) in [5, 5.41) is 7.16. The molecule has 3 aromatic carbocycles. The van der Waals surface area contributed by atoms with Crippen LogP contribution in [0.25, 0.3) is 0 Å². The average Bonchev–Trinajstić information content (AvgIpc) is 3.06. The van der Waals surface area contributed by atoms with Crippen molar-refractivity contribution in [2.75, 3.05) is 63.6 Å². The van der Waals surface area contributed by atoms with Crippen LogP contribution < -0.4 is 20.4 Å². The lowest BCUT2D eigenvalue weighted by atomic mass is 10.1. The van der Waals surface area contributed by atoms with Gasteiger partial charge in [-0.3, -0.25) is 9.59 Å². The Labute approximate surface area is 261 Å². The van der Waals surface area contributed by atoms with Crippen molar-refractivity contribution in [3.05, 3.63) is 89.0 Å². The Morgan fingerprint density at radius 1 is 0.932 bits per heavy atom. The van der Waals surface area contributed by atoms with E-state index in [1.54, 1.807) is 19.4 Å². The molecule has 1 aliphatic rings. The molecule has 0 radical (unpaired) electrons. The summed E-state index contributed by atoms with van der Waals surface area (Å²) in [5.41, 5.74) is 6.83. The van der Waals surface area contributed by atoms with Crippen molar-refractivity contribution in [2.24, 2.45) is 5.10 Å². The van der Waals surface area contributed by atoms with Crippen LogP contribution >= 0.6 is 0 Å². The summed E-state index contributed by atoms with van der Waals surface area (Å²) >= 11 is 0. The fraction of sp³-hybridized carbons (Fsp3) is 0.400. The zero-order chi connectivity index (χ0) is 31.3. The summed E-state index contributed by atoms with van der Waals surface area (Å²) in [7, 11) is 3.71. The van der Waals surface area contributed by atoms with Crippen LogP contribution in [0.1, 0.15) is 65.0 Å². The van der Waals surface area contributed by atoms with Gasteiger partial charge in [0.2, 0.25) is 0 Å². The largest absolute Gasteiger partial charge is 0.497 e. The Morgan fingerprint density at radius 2 is 1.68 bits per heavy atom. The van der Waals surface area contributed by atoms with E-state index in [1.807, 2.05) is 60.7 Å². The average molecular weight is 599 g/mol. The van der Waals surface area contributed by atoms with Crippen LogP contribution in [-0.4, -0.2) is 81.3 Å². The minimum absolute atomic E-state index is 0.265. The Balaban J connectivity index is 1.48. The minimum atomic E-state index is -0.396. The first-order valence-electron chi connectivity index (χ1n) is 15.6. The van der Waals surface area contributed by atoms with Crippen molar-refractivity contribution in [1.82, 2.24) is 15.2 Å². The molecule has 2 N–H and O–H groups in total. The molecule has 4 rings (SSSR count). The fourth-order valence-electron chi connectivity index (χ4n) is 5.34. The fourth-order valence-corrected chi connectivity index (χ4v) is 5.34. The van der Waals surface area contributed by atoms with Crippen LogP contribution in [0.2, 0.25) is 0 Å². The smallest absolute Gasteiger partial charge is 0.273 e. The van der Waals surface area contributed by atoms with Gasteiger partial charge in [-0.15, -0.1) is 0 Å². The van der Waals surface area contributed by atoms with E-state index in [0.29, 0.717) is 16.8 Å². The molecular formula is C35H46N6O3. The summed E-state index contributed by atoms with van der Waals surface area (Å²) in [6, 6.07) is 20.7. The predicted molar refractivity (Wildman–Crippen MR) is 179 cm³/mol. The van der Waals surface area contributed by atoms with Crippen molar-refractivity contribution in [2.45, 2.75) is 39.7 Å². The Bertz CT molecular complexity index is 1400. The standard InChI is InChI=1S/C35H46N6O3/c1-5-40(6-2)22-21-39(3)26-28-11-10-12-29(23-28)34(42)37-33-18-15-30(41-19-8-7-9-20-41)24-32(33)35(43)38-36-25-27-13-16-31(44-4)17-14-27/h10-18,23-25H,5-9,19-22,26H2,1-4H3,(H,37,42)(H,38,43)/b36-25+. The van der Waals surface area contributed by atoms with Gasteiger partial charge in [-0.25, -0.2) is 5.43 Å². The maximum atomic E-state index is 13.4. The third-order valence-corrected chi connectivity index (χ3v) is 8.05. The van der Waals surface area contributed by atoms with E-state index >= 15 is 0 Å². The molecule has 234 valence electrons. The molecule has 1 saturated heterocycles. The van der Waals surface area contributed by atoms with Crippen LogP contribution in [0.15, 0.2) is 71.8 Å². The number of ether oxygens (including phenoxy) is 1. The van der Waals surface area contributed by atoms with Gasteiger partial charge in [-0.1, -0.05) is 26.0 Å². The van der Waals surface area contributed by atoms with Gasteiger partial charge >= 0.3 is 0 Å². The molecule has 0 unspecified atom stereocenters. The number of hydrazone groups is 1. The number of rotatable bonds is 14. The molecule has 0 saturated carbocycles. The number of benzene rings is 3. The molecule has 2 amide bonds. The first kappa shape index (κ1) is 32.7. The molecule has 3 aromatic rings. The lowest BCUT2D eigenvalue weighted by Crippen LogP contribution is -2.32. The van der Waals surface area contributed by atoms with E-state index in [0.717, 1.165) is 81.2 Å². The van der Waals surface area contributed by atoms with Gasteiger partial charge in [-0.05, 0) is 105 Å². The van der Waals surface area contributed by atoms with E-state index in [-0.39, 0.29) is 5.91 Å². The molecule has 0 atom stereocenters. The lowest BCUT2D eigenvalue weighted by Gasteiger charge is -2.29. The topological polar surface area (TPSA) is 89.5 Å². The number of carbonyl (C=O) groups is 2. The number of hydrogen-bond donors (Lipinski definition) is 2. The normalized spacial score (nSPS) is 13.5. The van der Waals surface area contributed by atoms with Gasteiger partial charge in [0.05, 0.1) is 24.6 Å². The molecule has 0 bridgehead atoms. The van der Waals surface area contributed by atoms with Crippen molar-refractivity contribution in [3.8, 4) is 5.75 Å². The van der Waals surface area contributed by atoms with Gasteiger partial charge in [0.15, 0.2) is 0 Å². The summed E-state index contributed by atoms with van der Waals surface area (Å²) in [4.78, 5) is 33.8. The number of likely N-dealkylation sites (N-methyl/N-ethyl adjacent to an activating group) is 2. The van der Waals surface area contributed by atoms with Crippen LogP contribution in [-0.2, 0) is 6.54 Å². The molecular weight excluding hydrogens is 552 g/mol. The highest BCUT2D eigenvalue weighted by atomic mass is 16.5. The summed E-state index contributed by atoms with van der Waals surface area (Å²) < 4.78 is 5.20. The second kappa shape index (κ2) is 16.6.